The van der Waals surface area contributed by atoms with Crippen LogP contribution in [-0.2, 0) is 4.79 Å². The summed E-state index contributed by atoms with van der Waals surface area (Å²) in [6.45, 7) is 8.34. The summed E-state index contributed by atoms with van der Waals surface area (Å²) in [6.07, 6.45) is 3.28. The number of likely N-dealkylation sites (N-methyl/N-ethyl adjacent to an activating group) is 1. The number of carbonyl (C=O) groups excluding carboxylic acids is 1. The number of rotatable bonds is 3. The van der Waals surface area contributed by atoms with Gasteiger partial charge in [0.05, 0.1) is 0 Å². The minimum atomic E-state index is 0. The predicted molar refractivity (Wildman–Crippen MR) is 80.7 cm³/mol. The first-order chi connectivity index (χ1) is 8.66. The summed E-state index contributed by atoms with van der Waals surface area (Å²) < 4.78 is 0. The normalized spacial score (nSPS) is 26.6. The van der Waals surface area contributed by atoms with Gasteiger partial charge in [-0.05, 0) is 44.8 Å². The van der Waals surface area contributed by atoms with Gasteiger partial charge in [0.2, 0.25) is 5.91 Å². The predicted octanol–water partition coefficient (Wildman–Crippen LogP) is 1.21. The maximum absolute atomic E-state index is 12.2. The average Bonchev–Trinajstić information content (AvgIpc) is 2.40. The summed E-state index contributed by atoms with van der Waals surface area (Å²) in [7, 11) is 2.12. The zero-order chi connectivity index (χ0) is 13.0. The van der Waals surface area contributed by atoms with Gasteiger partial charge in [0.25, 0.3) is 0 Å². The van der Waals surface area contributed by atoms with Crippen molar-refractivity contribution in [1.82, 2.24) is 15.1 Å². The van der Waals surface area contributed by atoms with Crippen molar-refractivity contribution in [2.45, 2.75) is 26.2 Å². The van der Waals surface area contributed by atoms with Crippen LogP contribution in [0.1, 0.15) is 26.2 Å². The van der Waals surface area contributed by atoms with Gasteiger partial charge in [-0.2, -0.15) is 0 Å². The number of amides is 1. The Labute approximate surface area is 123 Å². The lowest BCUT2D eigenvalue weighted by atomic mass is 9.85. The fourth-order valence-electron chi connectivity index (χ4n) is 2.99. The Bertz CT molecular complexity index is 274. The number of piperazine rings is 1. The van der Waals surface area contributed by atoms with Gasteiger partial charge in [-0.1, -0.05) is 6.92 Å². The van der Waals surface area contributed by atoms with Crippen LogP contribution in [-0.4, -0.2) is 62.0 Å². The zero-order valence-corrected chi connectivity index (χ0v) is 13.0. The van der Waals surface area contributed by atoms with Crippen molar-refractivity contribution < 1.29 is 4.79 Å². The van der Waals surface area contributed by atoms with E-state index in [0.29, 0.717) is 17.7 Å². The van der Waals surface area contributed by atoms with Crippen LogP contribution in [0.4, 0.5) is 0 Å². The molecule has 0 aliphatic carbocycles. The molecule has 5 heteroatoms. The maximum atomic E-state index is 12.2. The second kappa shape index (κ2) is 8.08. The van der Waals surface area contributed by atoms with Gasteiger partial charge in [-0.3, -0.25) is 4.79 Å². The standard InChI is InChI=1S/C14H27N3O.ClH/c1-12(13-4-3-5-15-11-13)10-14(18)17-8-6-16(2)7-9-17;/h12-13,15H,3-11H2,1-2H3;1H. The quantitative estimate of drug-likeness (QED) is 0.848. The van der Waals surface area contributed by atoms with E-state index in [-0.39, 0.29) is 12.4 Å². The number of carbonyl (C=O) groups is 1. The van der Waals surface area contributed by atoms with Crippen LogP contribution >= 0.6 is 12.4 Å². The average molecular weight is 290 g/mol. The van der Waals surface area contributed by atoms with Gasteiger partial charge < -0.3 is 15.1 Å². The number of hydrogen-bond donors (Lipinski definition) is 1. The summed E-state index contributed by atoms with van der Waals surface area (Å²) in [5, 5.41) is 3.44. The Morgan fingerprint density at radius 3 is 2.58 bits per heavy atom. The van der Waals surface area contributed by atoms with Crippen molar-refractivity contribution in [3.63, 3.8) is 0 Å². The highest BCUT2D eigenvalue weighted by Crippen LogP contribution is 2.23. The second-order valence-electron chi connectivity index (χ2n) is 5.97. The maximum Gasteiger partial charge on any atom is 0.222 e. The van der Waals surface area contributed by atoms with E-state index in [9.17, 15) is 4.79 Å². The minimum absolute atomic E-state index is 0. The summed E-state index contributed by atoms with van der Waals surface area (Å²) in [4.78, 5) is 16.6. The molecular formula is C14H28ClN3O. The van der Waals surface area contributed by atoms with E-state index in [1.807, 2.05) is 4.90 Å². The third-order valence-corrected chi connectivity index (χ3v) is 4.49. The molecule has 2 atom stereocenters. The summed E-state index contributed by atoms with van der Waals surface area (Å²) in [6, 6.07) is 0. The van der Waals surface area contributed by atoms with Crippen molar-refractivity contribution in [3.05, 3.63) is 0 Å². The Morgan fingerprint density at radius 1 is 1.32 bits per heavy atom. The largest absolute Gasteiger partial charge is 0.340 e. The van der Waals surface area contributed by atoms with Gasteiger partial charge in [0.1, 0.15) is 0 Å². The van der Waals surface area contributed by atoms with Crippen molar-refractivity contribution in [1.29, 1.82) is 0 Å². The molecule has 0 aromatic heterocycles. The summed E-state index contributed by atoms with van der Waals surface area (Å²) in [5.74, 6) is 1.57. The van der Waals surface area contributed by atoms with Crippen LogP contribution in [0.5, 0.6) is 0 Å². The lowest BCUT2D eigenvalue weighted by Gasteiger charge is -2.34. The lowest BCUT2D eigenvalue weighted by Crippen LogP contribution is -2.47. The lowest BCUT2D eigenvalue weighted by molar-refractivity contribution is -0.134. The number of piperidine rings is 1. The van der Waals surface area contributed by atoms with Crippen LogP contribution in [0.2, 0.25) is 0 Å². The molecule has 0 bridgehead atoms. The van der Waals surface area contributed by atoms with Crippen molar-refractivity contribution in [2.24, 2.45) is 11.8 Å². The van der Waals surface area contributed by atoms with E-state index in [2.05, 4.69) is 24.2 Å². The molecule has 19 heavy (non-hydrogen) atoms. The van der Waals surface area contributed by atoms with Crippen LogP contribution < -0.4 is 5.32 Å². The van der Waals surface area contributed by atoms with E-state index < -0.39 is 0 Å². The summed E-state index contributed by atoms with van der Waals surface area (Å²) >= 11 is 0. The van der Waals surface area contributed by atoms with Crippen molar-refractivity contribution in [3.8, 4) is 0 Å². The zero-order valence-electron chi connectivity index (χ0n) is 12.2. The van der Waals surface area contributed by atoms with Crippen LogP contribution in [0.3, 0.4) is 0 Å². The molecule has 2 aliphatic rings. The molecule has 2 unspecified atom stereocenters. The summed E-state index contributed by atoms with van der Waals surface area (Å²) in [5.41, 5.74) is 0. The van der Waals surface area contributed by atoms with E-state index >= 15 is 0 Å². The Kier molecular flexibility index (Phi) is 7.11. The smallest absolute Gasteiger partial charge is 0.222 e. The number of hydrogen-bond acceptors (Lipinski definition) is 3. The highest BCUT2D eigenvalue weighted by Gasteiger charge is 2.25. The molecule has 0 aromatic rings. The third-order valence-electron chi connectivity index (χ3n) is 4.49. The molecule has 1 N–H and O–H groups in total. The second-order valence-corrected chi connectivity index (χ2v) is 5.97. The van der Waals surface area contributed by atoms with Crippen LogP contribution in [0.15, 0.2) is 0 Å². The Morgan fingerprint density at radius 2 is 2.00 bits per heavy atom. The molecule has 1 amide bonds. The van der Waals surface area contributed by atoms with Gasteiger partial charge in [-0.25, -0.2) is 0 Å². The molecule has 0 aromatic carbocycles. The molecule has 112 valence electrons. The van der Waals surface area contributed by atoms with Gasteiger partial charge in [-0.15, -0.1) is 12.4 Å². The topological polar surface area (TPSA) is 35.6 Å². The van der Waals surface area contributed by atoms with Gasteiger partial charge in [0.15, 0.2) is 0 Å². The Balaban J connectivity index is 0.00000180. The molecule has 0 saturated carbocycles. The highest BCUT2D eigenvalue weighted by atomic mass is 35.5. The van der Waals surface area contributed by atoms with Crippen LogP contribution in [0.25, 0.3) is 0 Å². The van der Waals surface area contributed by atoms with E-state index in [0.717, 1.165) is 45.7 Å². The fraction of sp³-hybridized carbons (Fsp3) is 0.929. The molecule has 0 radical (unpaired) electrons. The first-order valence-electron chi connectivity index (χ1n) is 7.34. The van der Waals surface area contributed by atoms with E-state index in [1.165, 1.54) is 12.8 Å². The monoisotopic (exact) mass is 289 g/mol. The molecule has 4 nitrogen and oxygen atoms in total. The first kappa shape index (κ1) is 16.7. The molecular weight excluding hydrogens is 262 g/mol. The van der Waals surface area contributed by atoms with Crippen molar-refractivity contribution in [2.75, 3.05) is 46.3 Å². The fourth-order valence-corrected chi connectivity index (χ4v) is 2.99. The van der Waals surface area contributed by atoms with E-state index in [1.54, 1.807) is 0 Å². The molecule has 2 rings (SSSR count). The molecule has 0 spiro atoms. The van der Waals surface area contributed by atoms with E-state index in [4.69, 9.17) is 0 Å². The van der Waals surface area contributed by atoms with Gasteiger partial charge >= 0.3 is 0 Å². The Hall–Kier alpha value is -0.320. The minimum Gasteiger partial charge on any atom is -0.340 e. The molecule has 2 saturated heterocycles. The number of nitrogens with zero attached hydrogens (tertiary/aromatic N) is 2. The first-order valence-corrected chi connectivity index (χ1v) is 7.34. The third kappa shape index (κ3) is 4.93. The highest BCUT2D eigenvalue weighted by molar-refractivity contribution is 5.85. The number of nitrogens with one attached hydrogen (secondary N) is 1. The number of halogens is 1. The van der Waals surface area contributed by atoms with Crippen LogP contribution in [0, 0.1) is 11.8 Å². The SMILES string of the molecule is CC(CC(=O)N1CCN(C)CC1)C1CCCNC1.Cl. The molecule has 2 heterocycles. The van der Waals surface area contributed by atoms with Crippen molar-refractivity contribution >= 4 is 18.3 Å². The van der Waals surface area contributed by atoms with Gasteiger partial charge in [0, 0.05) is 32.6 Å². The molecule has 2 fully saturated rings. The molecule has 2 aliphatic heterocycles.